The zero-order chi connectivity index (χ0) is 19.0. The van der Waals surface area contributed by atoms with Crippen LogP contribution in [-0.2, 0) is 6.18 Å². The third-order valence-electron chi connectivity index (χ3n) is 5.31. The summed E-state index contributed by atoms with van der Waals surface area (Å²) in [6.07, 6.45) is -1.05. The Labute approximate surface area is 154 Å². The summed E-state index contributed by atoms with van der Waals surface area (Å²) in [6.45, 7) is 0.907. The number of piperidine rings is 1. The number of H-pyrrole nitrogens is 1. The summed E-state index contributed by atoms with van der Waals surface area (Å²) in [6, 6.07) is 13.1. The van der Waals surface area contributed by atoms with Crippen molar-refractivity contribution in [1.29, 1.82) is 0 Å². The van der Waals surface area contributed by atoms with Gasteiger partial charge in [-0.3, -0.25) is 4.79 Å². The maximum Gasteiger partial charge on any atom is 0.417 e. The van der Waals surface area contributed by atoms with E-state index in [1.807, 2.05) is 24.4 Å². The van der Waals surface area contributed by atoms with Crippen molar-refractivity contribution in [2.24, 2.45) is 0 Å². The van der Waals surface area contributed by atoms with Gasteiger partial charge in [-0.2, -0.15) is 13.2 Å². The van der Waals surface area contributed by atoms with Crippen molar-refractivity contribution >= 4 is 16.8 Å². The minimum Gasteiger partial charge on any atom is -0.361 e. The standard InChI is InChI=1S/C21H19F3N2O/c22-21(23,24)18-7-3-1-6-16(18)20(27)26-11-9-14(10-12-26)17-13-25-19-8-4-2-5-15(17)19/h1-8,13-14,25H,9-12H2. The number of nitrogens with zero attached hydrogens (tertiary/aromatic N) is 1. The average molecular weight is 372 g/mol. The molecule has 1 amide bonds. The van der Waals surface area contributed by atoms with Crippen LogP contribution in [0.5, 0.6) is 0 Å². The fourth-order valence-electron chi connectivity index (χ4n) is 3.91. The lowest BCUT2D eigenvalue weighted by molar-refractivity contribution is -0.138. The molecule has 0 spiro atoms. The van der Waals surface area contributed by atoms with Crippen molar-refractivity contribution < 1.29 is 18.0 Å². The SMILES string of the molecule is O=C(c1ccccc1C(F)(F)F)N1CCC(c2c[nH]c3ccccc23)CC1. The Morgan fingerprint density at radius 3 is 2.41 bits per heavy atom. The number of hydrogen-bond donors (Lipinski definition) is 1. The van der Waals surface area contributed by atoms with Crippen LogP contribution >= 0.6 is 0 Å². The smallest absolute Gasteiger partial charge is 0.361 e. The van der Waals surface area contributed by atoms with E-state index in [-0.39, 0.29) is 5.56 Å². The highest BCUT2D eigenvalue weighted by Gasteiger charge is 2.36. The Hall–Kier alpha value is -2.76. The van der Waals surface area contributed by atoms with Crippen molar-refractivity contribution in [2.45, 2.75) is 24.9 Å². The number of likely N-dealkylation sites (tertiary alicyclic amines) is 1. The number of halogens is 3. The van der Waals surface area contributed by atoms with E-state index in [1.165, 1.54) is 34.0 Å². The van der Waals surface area contributed by atoms with Gasteiger partial charge in [-0.1, -0.05) is 30.3 Å². The van der Waals surface area contributed by atoms with E-state index in [0.717, 1.165) is 24.4 Å². The number of amides is 1. The first kappa shape index (κ1) is 17.6. The highest BCUT2D eigenvalue weighted by molar-refractivity contribution is 5.96. The van der Waals surface area contributed by atoms with Gasteiger partial charge in [0.1, 0.15) is 0 Å². The van der Waals surface area contributed by atoms with Crippen LogP contribution in [0.1, 0.15) is 40.2 Å². The van der Waals surface area contributed by atoms with Crippen molar-refractivity contribution in [3.05, 3.63) is 71.4 Å². The summed E-state index contributed by atoms with van der Waals surface area (Å²) < 4.78 is 39.6. The van der Waals surface area contributed by atoms with Gasteiger partial charge in [0, 0.05) is 30.2 Å². The number of alkyl halides is 3. The Kier molecular flexibility index (Phi) is 4.42. The zero-order valence-corrected chi connectivity index (χ0v) is 14.6. The predicted octanol–water partition coefficient (Wildman–Crippen LogP) is 5.21. The zero-order valence-electron chi connectivity index (χ0n) is 14.6. The molecule has 0 bridgehead atoms. The molecule has 140 valence electrons. The summed E-state index contributed by atoms with van der Waals surface area (Å²) in [4.78, 5) is 17.5. The maximum absolute atomic E-state index is 13.2. The molecule has 1 aromatic heterocycles. The van der Waals surface area contributed by atoms with E-state index >= 15 is 0 Å². The fourth-order valence-corrected chi connectivity index (χ4v) is 3.91. The number of para-hydroxylation sites is 1. The highest BCUT2D eigenvalue weighted by Crippen LogP contribution is 2.35. The first-order chi connectivity index (χ1) is 12.9. The van der Waals surface area contributed by atoms with E-state index in [1.54, 1.807) is 0 Å². The highest BCUT2D eigenvalue weighted by atomic mass is 19.4. The summed E-state index contributed by atoms with van der Waals surface area (Å²) in [5.74, 6) is -0.247. The molecule has 0 aliphatic carbocycles. The summed E-state index contributed by atoms with van der Waals surface area (Å²) in [5, 5.41) is 1.17. The molecule has 1 fully saturated rings. The minimum atomic E-state index is -4.53. The van der Waals surface area contributed by atoms with Gasteiger partial charge >= 0.3 is 6.18 Å². The molecular formula is C21H19F3N2O. The van der Waals surface area contributed by atoms with E-state index < -0.39 is 17.6 Å². The number of fused-ring (bicyclic) bond motifs is 1. The van der Waals surface area contributed by atoms with Crippen molar-refractivity contribution in [3.63, 3.8) is 0 Å². The van der Waals surface area contributed by atoms with Crippen LogP contribution in [0.2, 0.25) is 0 Å². The van der Waals surface area contributed by atoms with Gasteiger partial charge in [0.05, 0.1) is 11.1 Å². The molecule has 1 N–H and O–H groups in total. The van der Waals surface area contributed by atoms with E-state index in [4.69, 9.17) is 0 Å². The molecular weight excluding hydrogens is 353 g/mol. The van der Waals surface area contributed by atoms with E-state index in [9.17, 15) is 18.0 Å². The van der Waals surface area contributed by atoms with Crippen molar-refractivity contribution in [2.75, 3.05) is 13.1 Å². The van der Waals surface area contributed by atoms with Crippen LogP contribution < -0.4 is 0 Å². The van der Waals surface area contributed by atoms with Gasteiger partial charge < -0.3 is 9.88 Å². The van der Waals surface area contributed by atoms with Crippen LogP contribution in [0.4, 0.5) is 13.2 Å². The third kappa shape index (κ3) is 3.31. The van der Waals surface area contributed by atoms with Crippen molar-refractivity contribution in [1.82, 2.24) is 9.88 Å². The summed E-state index contributed by atoms with van der Waals surface area (Å²) >= 11 is 0. The molecule has 1 aliphatic rings. The predicted molar refractivity (Wildman–Crippen MR) is 97.6 cm³/mol. The fraction of sp³-hybridized carbons (Fsp3) is 0.286. The second-order valence-electron chi connectivity index (χ2n) is 6.90. The average Bonchev–Trinajstić information content (AvgIpc) is 3.11. The number of aromatic amines is 1. The lowest BCUT2D eigenvalue weighted by atomic mass is 9.89. The topological polar surface area (TPSA) is 36.1 Å². The summed E-state index contributed by atoms with van der Waals surface area (Å²) in [5.41, 5.74) is 1.16. The normalized spacial score (nSPS) is 16.0. The number of benzene rings is 2. The molecule has 0 radical (unpaired) electrons. The quantitative estimate of drug-likeness (QED) is 0.659. The van der Waals surface area contributed by atoms with Crippen LogP contribution in [0.25, 0.3) is 10.9 Å². The van der Waals surface area contributed by atoms with Gasteiger partial charge in [-0.15, -0.1) is 0 Å². The first-order valence-electron chi connectivity index (χ1n) is 8.96. The number of carbonyl (C=O) groups excluding carboxylic acids is 1. The lowest BCUT2D eigenvalue weighted by Gasteiger charge is -2.32. The number of rotatable bonds is 2. The Balaban J connectivity index is 1.51. The van der Waals surface area contributed by atoms with Crippen LogP contribution in [0, 0.1) is 0 Å². The summed E-state index contributed by atoms with van der Waals surface area (Å²) in [7, 11) is 0. The molecule has 2 heterocycles. The second kappa shape index (κ2) is 6.76. The first-order valence-corrected chi connectivity index (χ1v) is 8.96. The molecule has 0 atom stereocenters. The number of carbonyl (C=O) groups is 1. The van der Waals surface area contributed by atoms with Crippen LogP contribution in [0.15, 0.2) is 54.7 Å². The van der Waals surface area contributed by atoms with Gasteiger partial charge in [0.15, 0.2) is 0 Å². The second-order valence-corrected chi connectivity index (χ2v) is 6.90. The van der Waals surface area contributed by atoms with Gasteiger partial charge in [0.25, 0.3) is 5.91 Å². The third-order valence-corrected chi connectivity index (χ3v) is 5.31. The number of aromatic nitrogens is 1. The molecule has 2 aromatic carbocycles. The molecule has 27 heavy (non-hydrogen) atoms. The molecule has 6 heteroatoms. The molecule has 0 saturated carbocycles. The Morgan fingerprint density at radius 2 is 1.67 bits per heavy atom. The number of nitrogens with one attached hydrogen (secondary N) is 1. The molecule has 3 aromatic rings. The largest absolute Gasteiger partial charge is 0.417 e. The molecule has 1 aliphatic heterocycles. The molecule has 0 unspecified atom stereocenters. The monoisotopic (exact) mass is 372 g/mol. The maximum atomic E-state index is 13.2. The van der Waals surface area contributed by atoms with Gasteiger partial charge in [0.2, 0.25) is 0 Å². The van der Waals surface area contributed by atoms with Gasteiger partial charge in [-0.05, 0) is 42.5 Å². The molecule has 3 nitrogen and oxygen atoms in total. The number of hydrogen-bond acceptors (Lipinski definition) is 1. The molecule has 4 rings (SSSR count). The van der Waals surface area contributed by atoms with E-state index in [0.29, 0.717) is 19.0 Å². The van der Waals surface area contributed by atoms with E-state index in [2.05, 4.69) is 11.1 Å². The molecule has 1 saturated heterocycles. The van der Waals surface area contributed by atoms with Crippen molar-refractivity contribution in [3.8, 4) is 0 Å². The van der Waals surface area contributed by atoms with Crippen LogP contribution in [-0.4, -0.2) is 28.9 Å². The Morgan fingerprint density at radius 1 is 1.00 bits per heavy atom. The van der Waals surface area contributed by atoms with Crippen LogP contribution in [0.3, 0.4) is 0 Å². The van der Waals surface area contributed by atoms with Gasteiger partial charge in [-0.25, -0.2) is 0 Å². The minimum absolute atomic E-state index is 0.268. The Bertz CT molecular complexity index is 969. The lowest BCUT2D eigenvalue weighted by Crippen LogP contribution is -2.38.